The number of nitrogens with one attached hydrogen (secondary N) is 1. The first-order chi connectivity index (χ1) is 14.0. The number of urea groups is 1. The number of amides is 3. The van der Waals surface area contributed by atoms with E-state index < -0.39 is 24.1 Å². The number of ether oxygens (including phenoxy) is 1. The molecule has 29 heavy (non-hydrogen) atoms. The maximum absolute atomic E-state index is 12.8. The van der Waals surface area contributed by atoms with Gasteiger partial charge in [-0.2, -0.15) is 0 Å². The van der Waals surface area contributed by atoms with Gasteiger partial charge in [0.2, 0.25) is 5.89 Å². The number of nitrogens with zero attached hydrogens (tertiary/aromatic N) is 3. The number of hydrogen-bond acceptors (Lipinski definition) is 7. The Bertz CT molecular complexity index is 918. The molecule has 152 valence electrons. The van der Waals surface area contributed by atoms with Crippen LogP contribution in [0.15, 0.2) is 34.7 Å². The van der Waals surface area contributed by atoms with E-state index >= 15 is 0 Å². The van der Waals surface area contributed by atoms with Crippen LogP contribution in [0.25, 0.3) is 11.5 Å². The fraction of sp³-hybridized carbons (Fsp3) is 0.450. The lowest BCUT2D eigenvalue weighted by Gasteiger charge is -2.33. The van der Waals surface area contributed by atoms with E-state index in [2.05, 4.69) is 22.4 Å². The normalized spacial score (nSPS) is 24.0. The monoisotopic (exact) mass is 398 g/mol. The molecular weight excluding hydrogens is 376 g/mol. The number of hydrogen-bond donors (Lipinski definition) is 1. The van der Waals surface area contributed by atoms with Crippen LogP contribution in [0, 0.1) is 5.92 Å². The maximum Gasteiger partial charge on any atom is 0.326 e. The first kappa shape index (κ1) is 19.1. The number of aromatic nitrogens is 2. The minimum atomic E-state index is -0.874. The van der Waals surface area contributed by atoms with Gasteiger partial charge in [-0.15, -0.1) is 10.2 Å². The zero-order valence-corrected chi connectivity index (χ0v) is 16.1. The molecule has 2 fully saturated rings. The molecule has 9 heteroatoms. The van der Waals surface area contributed by atoms with Gasteiger partial charge in [-0.25, -0.2) is 4.79 Å². The fourth-order valence-electron chi connectivity index (χ4n) is 3.74. The van der Waals surface area contributed by atoms with Gasteiger partial charge in [-0.05, 0) is 43.7 Å². The third-order valence-electron chi connectivity index (χ3n) is 5.51. The van der Waals surface area contributed by atoms with Crippen LogP contribution in [0.2, 0.25) is 0 Å². The van der Waals surface area contributed by atoms with Crippen LogP contribution in [0.5, 0.6) is 0 Å². The molecule has 1 spiro atoms. The molecule has 1 saturated carbocycles. The number of esters is 1. The Hall–Kier alpha value is -3.23. The highest BCUT2D eigenvalue weighted by molar-refractivity contribution is 6.08. The zero-order valence-electron chi connectivity index (χ0n) is 16.1. The molecule has 1 saturated heterocycles. The van der Waals surface area contributed by atoms with Crippen LogP contribution in [0.4, 0.5) is 4.79 Å². The summed E-state index contributed by atoms with van der Waals surface area (Å²) in [6.45, 7) is 1.45. The van der Waals surface area contributed by atoms with Crippen LogP contribution >= 0.6 is 0 Å². The van der Waals surface area contributed by atoms with E-state index in [0.717, 1.165) is 23.3 Å². The van der Waals surface area contributed by atoms with Crippen molar-refractivity contribution < 1.29 is 23.5 Å². The van der Waals surface area contributed by atoms with Crippen LogP contribution in [-0.2, 0) is 20.9 Å². The summed E-state index contributed by atoms with van der Waals surface area (Å²) >= 11 is 0. The predicted octanol–water partition coefficient (Wildman–Crippen LogP) is 2.28. The van der Waals surface area contributed by atoms with E-state index in [0.29, 0.717) is 24.7 Å². The van der Waals surface area contributed by atoms with E-state index in [1.165, 1.54) is 0 Å². The fourth-order valence-corrected chi connectivity index (χ4v) is 3.74. The molecule has 0 radical (unpaired) electrons. The Labute approximate surface area is 167 Å². The smallest absolute Gasteiger partial charge is 0.326 e. The summed E-state index contributed by atoms with van der Waals surface area (Å²) in [6.07, 6.45) is 2.92. The number of rotatable bonds is 5. The molecule has 0 atom stereocenters. The predicted molar refractivity (Wildman–Crippen MR) is 100 cm³/mol. The quantitative estimate of drug-likeness (QED) is 0.607. The molecule has 1 aliphatic carbocycles. The Morgan fingerprint density at radius 2 is 1.97 bits per heavy atom. The molecular formula is C20H22N4O5. The summed E-state index contributed by atoms with van der Waals surface area (Å²) in [6, 6.07) is 8.65. The van der Waals surface area contributed by atoms with Gasteiger partial charge in [-0.3, -0.25) is 14.5 Å². The molecule has 2 aliphatic rings. The molecule has 1 aromatic carbocycles. The van der Waals surface area contributed by atoms with Crippen LogP contribution in [0.3, 0.4) is 0 Å². The lowest BCUT2D eigenvalue weighted by molar-refractivity contribution is -0.149. The third kappa shape index (κ3) is 3.85. The molecule has 0 unspecified atom stereocenters. The minimum absolute atomic E-state index is 0.132. The molecule has 2 aromatic rings. The summed E-state index contributed by atoms with van der Waals surface area (Å²) in [5, 5.41) is 10.5. The number of benzene rings is 1. The van der Waals surface area contributed by atoms with Gasteiger partial charge in [0.15, 0.2) is 6.61 Å². The van der Waals surface area contributed by atoms with Gasteiger partial charge in [0.1, 0.15) is 12.1 Å². The largest absolute Gasteiger partial charge is 0.454 e. The van der Waals surface area contributed by atoms with Gasteiger partial charge in [0.25, 0.3) is 11.8 Å². The molecule has 2 heterocycles. The van der Waals surface area contributed by atoms with Crippen molar-refractivity contribution in [3.63, 3.8) is 0 Å². The second-order valence-electron chi connectivity index (χ2n) is 7.61. The Balaban J connectivity index is 1.33. The Morgan fingerprint density at radius 3 is 2.69 bits per heavy atom. The lowest BCUT2D eigenvalue weighted by Crippen LogP contribution is -2.49. The number of carbonyl (C=O) groups excluding carboxylic acids is 3. The second kappa shape index (κ2) is 7.65. The highest BCUT2D eigenvalue weighted by atomic mass is 16.5. The van der Waals surface area contributed by atoms with Crippen molar-refractivity contribution in [2.24, 2.45) is 5.92 Å². The van der Waals surface area contributed by atoms with E-state index in [9.17, 15) is 14.4 Å². The van der Waals surface area contributed by atoms with Crippen molar-refractivity contribution in [1.82, 2.24) is 20.4 Å². The van der Waals surface area contributed by atoms with E-state index in [1.807, 2.05) is 30.3 Å². The van der Waals surface area contributed by atoms with Crippen molar-refractivity contribution in [2.75, 3.05) is 6.54 Å². The second-order valence-corrected chi connectivity index (χ2v) is 7.61. The van der Waals surface area contributed by atoms with Gasteiger partial charge in [0.05, 0.1) is 0 Å². The highest BCUT2D eigenvalue weighted by Crippen LogP contribution is 2.36. The zero-order chi connectivity index (χ0) is 20.4. The maximum atomic E-state index is 12.8. The Kier molecular flexibility index (Phi) is 5.04. The number of carbonyl (C=O) groups is 3. The first-order valence-corrected chi connectivity index (χ1v) is 9.64. The average Bonchev–Trinajstić information content (AvgIpc) is 3.29. The van der Waals surface area contributed by atoms with Crippen molar-refractivity contribution in [1.29, 1.82) is 0 Å². The lowest BCUT2D eigenvalue weighted by atomic mass is 9.77. The molecule has 9 nitrogen and oxygen atoms in total. The summed E-state index contributed by atoms with van der Waals surface area (Å²) in [7, 11) is 0. The average molecular weight is 398 g/mol. The van der Waals surface area contributed by atoms with Crippen LogP contribution in [-0.4, -0.2) is 45.1 Å². The van der Waals surface area contributed by atoms with Gasteiger partial charge >= 0.3 is 12.0 Å². The standard InChI is InChI=1S/C20H22N4O5/c1-13-7-9-20(10-8-13)18(26)24(19(27)21-20)11-16(25)28-12-15-22-23-17(29-15)14-5-3-2-4-6-14/h2-6,13H,7-12H2,1H3,(H,21,27). The number of imide groups is 1. The van der Waals surface area contributed by atoms with Crippen molar-refractivity contribution in [2.45, 2.75) is 44.8 Å². The van der Waals surface area contributed by atoms with E-state index in [1.54, 1.807) is 0 Å². The van der Waals surface area contributed by atoms with Crippen molar-refractivity contribution in [3.05, 3.63) is 36.2 Å². The molecule has 1 aliphatic heterocycles. The van der Waals surface area contributed by atoms with Gasteiger partial charge < -0.3 is 14.5 Å². The highest BCUT2D eigenvalue weighted by Gasteiger charge is 2.52. The molecule has 3 amide bonds. The van der Waals surface area contributed by atoms with Crippen molar-refractivity contribution in [3.8, 4) is 11.5 Å². The van der Waals surface area contributed by atoms with E-state index in [4.69, 9.17) is 9.15 Å². The summed E-state index contributed by atoms with van der Waals surface area (Å²) in [4.78, 5) is 38.1. The van der Waals surface area contributed by atoms with Crippen LogP contribution < -0.4 is 5.32 Å². The SMILES string of the molecule is CC1CCC2(CC1)NC(=O)N(CC(=O)OCc1nnc(-c3ccccc3)o1)C2=O. The first-order valence-electron chi connectivity index (χ1n) is 9.64. The molecule has 1 aromatic heterocycles. The van der Waals surface area contributed by atoms with Gasteiger partial charge in [-0.1, -0.05) is 25.1 Å². The molecule has 1 N–H and O–H groups in total. The minimum Gasteiger partial charge on any atom is -0.454 e. The van der Waals surface area contributed by atoms with E-state index in [-0.39, 0.29) is 18.4 Å². The summed E-state index contributed by atoms with van der Waals surface area (Å²) in [5.74, 6) is -0.0874. The van der Waals surface area contributed by atoms with Gasteiger partial charge in [0, 0.05) is 5.56 Å². The molecule has 4 rings (SSSR count). The summed E-state index contributed by atoms with van der Waals surface area (Å²) < 4.78 is 10.6. The molecule has 0 bridgehead atoms. The third-order valence-corrected chi connectivity index (χ3v) is 5.51. The Morgan fingerprint density at radius 1 is 1.24 bits per heavy atom. The topological polar surface area (TPSA) is 115 Å². The summed E-state index contributed by atoms with van der Waals surface area (Å²) in [5.41, 5.74) is -0.120. The van der Waals surface area contributed by atoms with Crippen molar-refractivity contribution >= 4 is 17.9 Å². The van der Waals surface area contributed by atoms with Crippen LogP contribution in [0.1, 0.15) is 38.5 Å².